The van der Waals surface area contributed by atoms with Crippen LogP contribution in [0.3, 0.4) is 0 Å². The number of aliphatic hydroxyl groups is 1. The molecular weight excluding hydrogens is 420 g/mol. The minimum Gasteiger partial charge on any atom is -0.496 e. The van der Waals surface area contributed by atoms with Crippen molar-refractivity contribution in [2.24, 2.45) is 0 Å². The number of methoxy groups -OCH3 is 1. The third-order valence-electron chi connectivity index (χ3n) is 4.13. The zero-order valence-corrected chi connectivity index (χ0v) is 17.6. The molecule has 0 aromatic heterocycles. The van der Waals surface area contributed by atoms with Gasteiger partial charge in [-0.3, -0.25) is 4.18 Å². The van der Waals surface area contributed by atoms with Crippen molar-refractivity contribution in [2.45, 2.75) is 37.2 Å². The van der Waals surface area contributed by atoms with E-state index in [1.165, 1.54) is 12.1 Å². The van der Waals surface area contributed by atoms with E-state index in [-0.39, 0.29) is 11.5 Å². The van der Waals surface area contributed by atoms with Gasteiger partial charge in [-0.2, -0.15) is 8.42 Å². The van der Waals surface area contributed by atoms with Crippen LogP contribution in [0.2, 0.25) is 0 Å². The molecule has 2 aromatic carbocycles. The van der Waals surface area contributed by atoms with E-state index >= 15 is 0 Å². The second-order valence-corrected chi connectivity index (χ2v) is 9.12. The molecule has 0 aliphatic rings. The number of aryl methyl sites for hydroxylation is 1. The maximum atomic E-state index is 12.4. The van der Waals surface area contributed by atoms with E-state index < -0.39 is 21.6 Å². The smallest absolute Gasteiger partial charge is 0.296 e. The number of hydrogen-bond acceptors (Lipinski definition) is 5. The van der Waals surface area contributed by atoms with Gasteiger partial charge < -0.3 is 9.84 Å². The van der Waals surface area contributed by atoms with Gasteiger partial charge in [-0.15, -0.1) is 0 Å². The SMILES string of the molecule is COc1ccc([C@@H](COS(=O)(=O)c2ccc(C)cc2)C(C)(C)O)cc1Br. The molecule has 5 nitrogen and oxygen atoms in total. The minimum atomic E-state index is -3.91. The van der Waals surface area contributed by atoms with Gasteiger partial charge >= 0.3 is 0 Å². The van der Waals surface area contributed by atoms with Gasteiger partial charge in [-0.25, -0.2) is 0 Å². The van der Waals surface area contributed by atoms with Crippen LogP contribution < -0.4 is 4.74 Å². The lowest BCUT2D eigenvalue weighted by molar-refractivity contribution is 0.0326. The van der Waals surface area contributed by atoms with Crippen LogP contribution in [-0.2, 0) is 14.3 Å². The van der Waals surface area contributed by atoms with Gasteiger partial charge in [0.15, 0.2) is 0 Å². The lowest BCUT2D eigenvalue weighted by Crippen LogP contribution is -2.33. The predicted molar refractivity (Wildman–Crippen MR) is 104 cm³/mol. The summed E-state index contributed by atoms with van der Waals surface area (Å²) >= 11 is 3.41. The quantitative estimate of drug-likeness (QED) is 0.655. The summed E-state index contributed by atoms with van der Waals surface area (Å²) in [4.78, 5) is 0.0912. The van der Waals surface area contributed by atoms with E-state index in [9.17, 15) is 13.5 Å². The summed E-state index contributed by atoms with van der Waals surface area (Å²) in [6.07, 6.45) is 0. The summed E-state index contributed by atoms with van der Waals surface area (Å²) < 4.78 is 36.1. The molecule has 26 heavy (non-hydrogen) atoms. The fourth-order valence-corrected chi connectivity index (χ4v) is 4.02. The second kappa shape index (κ2) is 8.08. The van der Waals surface area contributed by atoms with Gasteiger partial charge in [0.1, 0.15) is 5.75 Å². The average Bonchev–Trinajstić information content (AvgIpc) is 2.54. The summed E-state index contributed by atoms with van der Waals surface area (Å²) in [5.74, 6) is 0.0985. The highest BCUT2D eigenvalue weighted by Crippen LogP contribution is 2.34. The molecule has 2 aromatic rings. The van der Waals surface area contributed by atoms with Crippen molar-refractivity contribution in [1.82, 2.24) is 0 Å². The van der Waals surface area contributed by atoms with Crippen LogP contribution in [0, 0.1) is 6.92 Å². The zero-order valence-electron chi connectivity index (χ0n) is 15.2. The zero-order chi connectivity index (χ0) is 19.5. The molecule has 0 amide bonds. The highest BCUT2D eigenvalue weighted by Gasteiger charge is 2.31. The van der Waals surface area contributed by atoms with Gasteiger partial charge in [0.25, 0.3) is 10.1 Å². The second-order valence-electron chi connectivity index (χ2n) is 6.65. The highest BCUT2D eigenvalue weighted by molar-refractivity contribution is 9.10. The Morgan fingerprint density at radius 1 is 1.15 bits per heavy atom. The van der Waals surface area contributed by atoms with Crippen LogP contribution in [-0.4, -0.2) is 32.8 Å². The first-order valence-electron chi connectivity index (χ1n) is 8.06. The maximum Gasteiger partial charge on any atom is 0.296 e. The largest absolute Gasteiger partial charge is 0.496 e. The van der Waals surface area contributed by atoms with E-state index in [1.54, 1.807) is 51.3 Å². The van der Waals surface area contributed by atoms with E-state index in [0.29, 0.717) is 10.2 Å². The van der Waals surface area contributed by atoms with Crippen molar-refractivity contribution in [2.75, 3.05) is 13.7 Å². The third-order valence-corrected chi connectivity index (χ3v) is 6.05. The summed E-state index contributed by atoms with van der Waals surface area (Å²) in [5, 5.41) is 10.5. The minimum absolute atomic E-state index is 0.0912. The van der Waals surface area contributed by atoms with Crippen LogP contribution in [0.15, 0.2) is 51.8 Å². The van der Waals surface area contributed by atoms with Gasteiger partial charge in [0, 0.05) is 5.92 Å². The molecule has 2 rings (SSSR count). The molecule has 7 heteroatoms. The standard InChI is InChI=1S/C19H23BrO5S/c1-13-5-8-15(9-6-13)26(22,23)25-12-16(19(2,3)21)14-7-10-18(24-4)17(20)11-14/h5-11,16,21H,12H2,1-4H3/t16-/m1/s1. The molecule has 0 unspecified atom stereocenters. The number of benzene rings is 2. The van der Waals surface area contributed by atoms with Crippen molar-refractivity contribution in [3.05, 3.63) is 58.1 Å². The van der Waals surface area contributed by atoms with E-state index in [4.69, 9.17) is 8.92 Å². The molecule has 1 N–H and O–H groups in total. The van der Waals surface area contributed by atoms with Crippen LogP contribution in [0.5, 0.6) is 5.75 Å². The Balaban J connectivity index is 2.26. The van der Waals surface area contributed by atoms with Gasteiger partial charge in [-0.1, -0.05) is 23.8 Å². The Kier molecular flexibility index (Phi) is 6.50. The Labute approximate surface area is 163 Å². The first-order valence-corrected chi connectivity index (χ1v) is 10.3. The Morgan fingerprint density at radius 2 is 1.77 bits per heavy atom. The average molecular weight is 443 g/mol. The predicted octanol–water partition coefficient (Wildman–Crippen LogP) is 4.03. The highest BCUT2D eigenvalue weighted by atomic mass is 79.9. The Hall–Kier alpha value is -1.41. The number of halogens is 1. The molecule has 142 valence electrons. The van der Waals surface area contributed by atoms with Crippen LogP contribution in [0.4, 0.5) is 0 Å². The molecule has 0 fully saturated rings. The Morgan fingerprint density at radius 3 is 2.27 bits per heavy atom. The van der Waals surface area contributed by atoms with Crippen LogP contribution in [0.25, 0.3) is 0 Å². The molecule has 0 spiro atoms. The molecule has 0 bridgehead atoms. The fourth-order valence-electron chi connectivity index (χ4n) is 2.54. The Bertz CT molecular complexity index is 854. The molecule has 0 radical (unpaired) electrons. The van der Waals surface area contributed by atoms with Gasteiger partial charge in [0.05, 0.1) is 28.7 Å². The van der Waals surface area contributed by atoms with Crippen molar-refractivity contribution in [3.63, 3.8) is 0 Å². The first kappa shape index (κ1) is 20.9. The normalized spacial score (nSPS) is 13.5. The number of rotatable bonds is 7. The van der Waals surface area contributed by atoms with Gasteiger partial charge in [-0.05, 0) is 66.5 Å². The van der Waals surface area contributed by atoms with Crippen LogP contribution in [0.1, 0.15) is 30.9 Å². The van der Waals surface area contributed by atoms with Crippen molar-refractivity contribution in [3.8, 4) is 5.75 Å². The van der Waals surface area contributed by atoms with Crippen molar-refractivity contribution in [1.29, 1.82) is 0 Å². The molecule has 1 atom stereocenters. The summed E-state index contributed by atoms with van der Waals surface area (Å²) in [6, 6.07) is 11.8. The maximum absolute atomic E-state index is 12.4. The molecule has 0 saturated carbocycles. The number of hydrogen-bond donors (Lipinski definition) is 1. The third kappa shape index (κ3) is 5.07. The molecule has 0 heterocycles. The first-order chi connectivity index (χ1) is 12.0. The molecular formula is C19H23BrO5S. The number of ether oxygens (including phenoxy) is 1. The van der Waals surface area contributed by atoms with Crippen molar-refractivity contribution >= 4 is 26.0 Å². The lowest BCUT2D eigenvalue weighted by Gasteiger charge is -2.29. The summed E-state index contributed by atoms with van der Waals surface area (Å²) in [7, 11) is -2.35. The van der Waals surface area contributed by atoms with E-state index in [0.717, 1.165) is 11.1 Å². The monoisotopic (exact) mass is 442 g/mol. The van der Waals surface area contributed by atoms with Crippen LogP contribution >= 0.6 is 15.9 Å². The van der Waals surface area contributed by atoms with E-state index in [2.05, 4.69) is 15.9 Å². The molecule has 0 saturated heterocycles. The molecule has 0 aliphatic heterocycles. The summed E-state index contributed by atoms with van der Waals surface area (Å²) in [5.41, 5.74) is 0.516. The summed E-state index contributed by atoms with van der Waals surface area (Å²) in [6.45, 7) is 4.94. The fraction of sp³-hybridized carbons (Fsp3) is 0.368. The van der Waals surface area contributed by atoms with Crippen molar-refractivity contribution < 1.29 is 22.4 Å². The topological polar surface area (TPSA) is 72.8 Å². The van der Waals surface area contributed by atoms with Gasteiger partial charge in [0.2, 0.25) is 0 Å². The molecule has 0 aliphatic carbocycles. The van der Waals surface area contributed by atoms with E-state index in [1.807, 2.05) is 6.92 Å². The lowest BCUT2D eigenvalue weighted by atomic mass is 9.85.